The Morgan fingerprint density at radius 2 is 2.05 bits per heavy atom. The highest BCUT2D eigenvalue weighted by Crippen LogP contribution is 2.24. The van der Waals surface area contributed by atoms with E-state index in [2.05, 4.69) is 11.5 Å². The van der Waals surface area contributed by atoms with Gasteiger partial charge in [-0.15, -0.1) is 6.58 Å². The van der Waals surface area contributed by atoms with Crippen molar-refractivity contribution < 1.29 is 9.53 Å². The van der Waals surface area contributed by atoms with Crippen molar-refractivity contribution in [3.05, 3.63) is 41.9 Å². The molecular formula is C16H21ClN2O2. The van der Waals surface area contributed by atoms with Crippen LogP contribution in [0.15, 0.2) is 36.9 Å². The normalized spacial score (nSPS) is 17.3. The smallest absolute Gasteiger partial charge is 0.263 e. The van der Waals surface area contributed by atoms with Crippen LogP contribution in [0.3, 0.4) is 0 Å². The SMILES string of the molecule is C=CCN1CCN(C(=O)[C@@H](C)Oc2ccccc2Cl)CC1. The van der Waals surface area contributed by atoms with Gasteiger partial charge in [-0.1, -0.05) is 29.8 Å². The fraction of sp³-hybridized carbons (Fsp3) is 0.438. The number of amides is 1. The van der Waals surface area contributed by atoms with Crippen molar-refractivity contribution in [2.75, 3.05) is 32.7 Å². The third-order valence-electron chi connectivity index (χ3n) is 3.56. The molecule has 2 rings (SSSR count). The number of rotatable bonds is 5. The number of hydrogen-bond donors (Lipinski definition) is 0. The maximum absolute atomic E-state index is 12.4. The average Bonchev–Trinajstić information content (AvgIpc) is 2.50. The molecule has 0 radical (unpaired) electrons. The molecule has 0 N–H and O–H groups in total. The van der Waals surface area contributed by atoms with Gasteiger partial charge in [0.15, 0.2) is 6.10 Å². The first-order valence-electron chi connectivity index (χ1n) is 7.15. The van der Waals surface area contributed by atoms with E-state index in [1.54, 1.807) is 19.1 Å². The van der Waals surface area contributed by atoms with Gasteiger partial charge in [0.25, 0.3) is 5.91 Å². The monoisotopic (exact) mass is 308 g/mol. The van der Waals surface area contributed by atoms with Gasteiger partial charge in [-0.05, 0) is 19.1 Å². The highest BCUT2D eigenvalue weighted by molar-refractivity contribution is 6.32. The summed E-state index contributed by atoms with van der Waals surface area (Å²) in [4.78, 5) is 16.5. The van der Waals surface area contributed by atoms with Crippen LogP contribution >= 0.6 is 11.6 Å². The standard InChI is InChI=1S/C16H21ClN2O2/c1-3-8-18-9-11-19(12-10-18)16(20)13(2)21-15-7-5-4-6-14(15)17/h3-7,13H,1,8-12H2,2H3/t13-/m1/s1. The van der Waals surface area contributed by atoms with Crippen LogP contribution in [0.1, 0.15) is 6.92 Å². The summed E-state index contributed by atoms with van der Waals surface area (Å²) in [7, 11) is 0. The van der Waals surface area contributed by atoms with Gasteiger partial charge in [0.2, 0.25) is 0 Å². The number of benzene rings is 1. The zero-order valence-corrected chi connectivity index (χ0v) is 13.1. The summed E-state index contributed by atoms with van der Waals surface area (Å²) in [5, 5.41) is 0.521. The van der Waals surface area contributed by atoms with Gasteiger partial charge in [-0.2, -0.15) is 0 Å². The second kappa shape index (κ2) is 7.48. The third-order valence-corrected chi connectivity index (χ3v) is 3.87. The predicted octanol–water partition coefficient (Wildman–Crippen LogP) is 2.44. The highest BCUT2D eigenvalue weighted by Gasteiger charge is 2.25. The van der Waals surface area contributed by atoms with Crippen LogP contribution in [0.25, 0.3) is 0 Å². The summed E-state index contributed by atoms with van der Waals surface area (Å²) >= 11 is 6.05. The Morgan fingerprint density at radius 1 is 1.38 bits per heavy atom. The minimum Gasteiger partial charge on any atom is -0.479 e. The van der Waals surface area contributed by atoms with Gasteiger partial charge < -0.3 is 9.64 Å². The van der Waals surface area contributed by atoms with Crippen LogP contribution in [0, 0.1) is 0 Å². The zero-order chi connectivity index (χ0) is 15.2. The molecule has 1 heterocycles. The minimum absolute atomic E-state index is 0.00757. The van der Waals surface area contributed by atoms with Crippen LogP contribution in [-0.4, -0.2) is 54.5 Å². The lowest BCUT2D eigenvalue weighted by atomic mass is 10.2. The van der Waals surface area contributed by atoms with Gasteiger partial charge in [0, 0.05) is 32.7 Å². The molecule has 1 fully saturated rings. The lowest BCUT2D eigenvalue weighted by molar-refractivity contribution is -0.139. The van der Waals surface area contributed by atoms with Crippen molar-refractivity contribution in [1.82, 2.24) is 9.80 Å². The number of carbonyl (C=O) groups is 1. The number of para-hydroxylation sites is 1. The molecule has 1 atom stereocenters. The summed E-state index contributed by atoms with van der Waals surface area (Å²) in [5.74, 6) is 0.554. The van der Waals surface area contributed by atoms with E-state index in [9.17, 15) is 4.79 Å². The molecule has 1 aliphatic rings. The van der Waals surface area contributed by atoms with Crippen LogP contribution in [0.2, 0.25) is 5.02 Å². The number of ether oxygens (including phenoxy) is 1. The summed E-state index contributed by atoms with van der Waals surface area (Å²) in [6.45, 7) is 9.57. The van der Waals surface area contributed by atoms with Gasteiger partial charge in [0.05, 0.1) is 5.02 Å². The average molecular weight is 309 g/mol. The molecule has 0 aromatic heterocycles. The van der Waals surface area contributed by atoms with E-state index in [1.165, 1.54) is 0 Å². The van der Waals surface area contributed by atoms with Crippen LogP contribution in [0.5, 0.6) is 5.75 Å². The molecule has 1 amide bonds. The van der Waals surface area contributed by atoms with Crippen LogP contribution in [-0.2, 0) is 4.79 Å². The second-order valence-corrected chi connectivity index (χ2v) is 5.51. The predicted molar refractivity (Wildman–Crippen MR) is 84.8 cm³/mol. The lowest BCUT2D eigenvalue weighted by Gasteiger charge is -2.35. The molecular weight excluding hydrogens is 288 g/mol. The summed E-state index contributed by atoms with van der Waals surface area (Å²) < 4.78 is 5.68. The molecule has 0 spiro atoms. The topological polar surface area (TPSA) is 32.8 Å². The van der Waals surface area contributed by atoms with Crippen molar-refractivity contribution >= 4 is 17.5 Å². The lowest BCUT2D eigenvalue weighted by Crippen LogP contribution is -2.51. The molecule has 1 saturated heterocycles. The molecule has 1 aliphatic heterocycles. The van der Waals surface area contributed by atoms with Gasteiger partial charge >= 0.3 is 0 Å². The minimum atomic E-state index is -0.532. The first-order valence-corrected chi connectivity index (χ1v) is 7.53. The second-order valence-electron chi connectivity index (χ2n) is 5.11. The summed E-state index contributed by atoms with van der Waals surface area (Å²) in [5.41, 5.74) is 0. The Kier molecular flexibility index (Phi) is 5.65. The van der Waals surface area contributed by atoms with E-state index in [-0.39, 0.29) is 5.91 Å². The van der Waals surface area contributed by atoms with Crippen molar-refractivity contribution in [3.63, 3.8) is 0 Å². The molecule has 0 saturated carbocycles. The molecule has 0 unspecified atom stereocenters. The quantitative estimate of drug-likeness (QED) is 0.783. The molecule has 4 nitrogen and oxygen atoms in total. The molecule has 1 aromatic carbocycles. The Labute approximate surface area is 130 Å². The van der Waals surface area contributed by atoms with E-state index in [1.807, 2.05) is 23.1 Å². The van der Waals surface area contributed by atoms with Gasteiger partial charge in [-0.25, -0.2) is 0 Å². The summed E-state index contributed by atoms with van der Waals surface area (Å²) in [6.07, 6.45) is 1.36. The van der Waals surface area contributed by atoms with E-state index in [4.69, 9.17) is 16.3 Å². The Morgan fingerprint density at radius 3 is 2.67 bits per heavy atom. The highest BCUT2D eigenvalue weighted by atomic mass is 35.5. The van der Waals surface area contributed by atoms with Crippen molar-refractivity contribution in [3.8, 4) is 5.75 Å². The third kappa shape index (κ3) is 4.22. The molecule has 0 aliphatic carbocycles. The van der Waals surface area contributed by atoms with Crippen molar-refractivity contribution in [2.24, 2.45) is 0 Å². The van der Waals surface area contributed by atoms with E-state index >= 15 is 0 Å². The number of halogens is 1. The van der Waals surface area contributed by atoms with Crippen molar-refractivity contribution in [2.45, 2.75) is 13.0 Å². The largest absolute Gasteiger partial charge is 0.479 e. The molecule has 21 heavy (non-hydrogen) atoms. The summed E-state index contributed by atoms with van der Waals surface area (Å²) in [6, 6.07) is 7.20. The number of piperazine rings is 1. The molecule has 1 aromatic rings. The Balaban J connectivity index is 1.88. The van der Waals surface area contributed by atoms with Gasteiger partial charge in [-0.3, -0.25) is 9.69 Å². The van der Waals surface area contributed by atoms with Crippen LogP contribution in [0.4, 0.5) is 0 Å². The van der Waals surface area contributed by atoms with E-state index < -0.39 is 6.10 Å². The maximum Gasteiger partial charge on any atom is 0.263 e. The molecule has 0 bridgehead atoms. The van der Waals surface area contributed by atoms with Crippen molar-refractivity contribution in [1.29, 1.82) is 0 Å². The first-order chi connectivity index (χ1) is 10.1. The molecule has 114 valence electrons. The fourth-order valence-corrected chi connectivity index (χ4v) is 2.55. The first kappa shape index (κ1) is 15.9. The van der Waals surface area contributed by atoms with E-state index in [0.717, 1.165) is 32.7 Å². The van der Waals surface area contributed by atoms with Gasteiger partial charge in [0.1, 0.15) is 5.75 Å². The number of carbonyl (C=O) groups excluding carboxylic acids is 1. The number of hydrogen-bond acceptors (Lipinski definition) is 3. The Hall–Kier alpha value is -1.52. The van der Waals surface area contributed by atoms with E-state index in [0.29, 0.717) is 10.8 Å². The maximum atomic E-state index is 12.4. The van der Waals surface area contributed by atoms with Crippen LogP contribution < -0.4 is 4.74 Å². The molecule has 5 heteroatoms. The Bertz CT molecular complexity index is 499. The zero-order valence-electron chi connectivity index (χ0n) is 12.3. The number of nitrogens with zero attached hydrogens (tertiary/aromatic N) is 2. The fourth-order valence-electron chi connectivity index (χ4n) is 2.37.